The van der Waals surface area contributed by atoms with Gasteiger partial charge in [-0.2, -0.15) is 0 Å². The highest BCUT2D eigenvalue weighted by Crippen LogP contribution is 2.29. The van der Waals surface area contributed by atoms with Crippen LogP contribution in [-0.2, 0) is 0 Å². The number of allylic oxidation sites excluding steroid dienone is 1. The van der Waals surface area contributed by atoms with Crippen LogP contribution in [0.2, 0.25) is 0 Å². The second kappa shape index (κ2) is 3.11. The minimum Gasteiger partial charge on any atom is -0.121 e. The Morgan fingerprint density at radius 2 is 1.89 bits per heavy atom. The van der Waals surface area contributed by atoms with E-state index in [2.05, 4.69) is 33.9 Å². The van der Waals surface area contributed by atoms with Gasteiger partial charge in [-0.15, -0.1) is 11.8 Å². The first-order valence-corrected chi connectivity index (χ1v) is 3.78. The molecule has 0 aliphatic heterocycles. The molecule has 0 fully saturated rings. The third-order valence-corrected chi connectivity index (χ3v) is 1.71. The van der Waals surface area contributed by atoms with E-state index in [1.54, 1.807) is 17.8 Å². The molecule has 1 heteroatoms. The monoisotopic (exact) mass is 142 g/mol. The minimum atomic E-state index is 0.269. The first kappa shape index (κ1) is 8.83. The third-order valence-electron chi connectivity index (χ3n) is 0.665. The zero-order chi connectivity index (χ0) is 7.49. The smallest absolute Gasteiger partial charge is 0.0122 e. The van der Waals surface area contributed by atoms with Crippen molar-refractivity contribution in [1.82, 2.24) is 0 Å². The van der Waals surface area contributed by atoms with Crippen molar-refractivity contribution in [3.05, 3.63) is 24.1 Å². The summed E-state index contributed by atoms with van der Waals surface area (Å²) in [6.45, 7) is 13.9. The van der Waals surface area contributed by atoms with Crippen LogP contribution in [0, 0.1) is 0 Å². The SMILES string of the molecule is C=CC(=C)SC(C)(C)C. The second-order valence-electron chi connectivity index (χ2n) is 2.88. The van der Waals surface area contributed by atoms with Crippen LogP contribution in [0.1, 0.15) is 20.8 Å². The molecule has 0 saturated carbocycles. The average Bonchev–Trinajstić information content (AvgIpc) is 1.62. The highest BCUT2D eigenvalue weighted by atomic mass is 32.2. The molecule has 0 atom stereocenters. The van der Waals surface area contributed by atoms with Crippen molar-refractivity contribution >= 4 is 11.8 Å². The highest BCUT2D eigenvalue weighted by Gasteiger charge is 2.10. The number of rotatable bonds is 2. The topological polar surface area (TPSA) is 0 Å². The summed E-state index contributed by atoms with van der Waals surface area (Å²) < 4.78 is 0.269. The van der Waals surface area contributed by atoms with Crippen LogP contribution < -0.4 is 0 Å². The Bertz CT molecular complexity index is 117. The van der Waals surface area contributed by atoms with E-state index >= 15 is 0 Å². The molecule has 0 aliphatic carbocycles. The Morgan fingerprint density at radius 3 is 2.00 bits per heavy atom. The van der Waals surface area contributed by atoms with E-state index in [0.29, 0.717) is 0 Å². The van der Waals surface area contributed by atoms with Gasteiger partial charge in [0.05, 0.1) is 0 Å². The fourth-order valence-electron chi connectivity index (χ4n) is 0.435. The number of hydrogen-bond acceptors (Lipinski definition) is 1. The zero-order valence-corrected chi connectivity index (χ0v) is 7.22. The molecule has 0 bridgehead atoms. The largest absolute Gasteiger partial charge is 0.121 e. The lowest BCUT2D eigenvalue weighted by molar-refractivity contribution is 0.807. The molecule has 0 rings (SSSR count). The van der Waals surface area contributed by atoms with E-state index in [1.807, 2.05) is 0 Å². The summed E-state index contributed by atoms with van der Waals surface area (Å²) >= 11 is 1.74. The Morgan fingerprint density at radius 1 is 1.44 bits per heavy atom. The van der Waals surface area contributed by atoms with E-state index in [9.17, 15) is 0 Å². The lowest BCUT2D eigenvalue weighted by Gasteiger charge is -2.16. The molecule has 0 N–H and O–H groups in total. The van der Waals surface area contributed by atoms with Gasteiger partial charge in [-0.3, -0.25) is 0 Å². The summed E-state index contributed by atoms with van der Waals surface area (Å²) in [5, 5.41) is 0. The van der Waals surface area contributed by atoms with Crippen LogP contribution in [0.25, 0.3) is 0 Å². The quantitative estimate of drug-likeness (QED) is 0.533. The predicted octanol–water partition coefficient (Wildman–Crippen LogP) is 3.22. The summed E-state index contributed by atoms with van der Waals surface area (Å²) in [5.74, 6) is 0. The molecular weight excluding hydrogens is 128 g/mol. The van der Waals surface area contributed by atoms with Gasteiger partial charge in [0.1, 0.15) is 0 Å². The van der Waals surface area contributed by atoms with Crippen molar-refractivity contribution in [2.45, 2.75) is 25.5 Å². The van der Waals surface area contributed by atoms with Crippen molar-refractivity contribution in [2.24, 2.45) is 0 Å². The van der Waals surface area contributed by atoms with Crippen molar-refractivity contribution in [1.29, 1.82) is 0 Å². The van der Waals surface area contributed by atoms with Gasteiger partial charge in [0.15, 0.2) is 0 Å². The molecule has 0 aromatic rings. The maximum absolute atomic E-state index is 3.80. The summed E-state index contributed by atoms with van der Waals surface area (Å²) in [6.07, 6.45) is 1.79. The molecule has 0 radical (unpaired) electrons. The van der Waals surface area contributed by atoms with E-state index < -0.39 is 0 Å². The van der Waals surface area contributed by atoms with Crippen LogP contribution >= 0.6 is 11.8 Å². The lowest BCUT2D eigenvalue weighted by Crippen LogP contribution is -2.06. The third kappa shape index (κ3) is 5.71. The van der Waals surface area contributed by atoms with E-state index in [1.165, 1.54) is 0 Å². The number of hydrogen-bond donors (Lipinski definition) is 0. The first-order chi connectivity index (χ1) is 3.95. The molecule has 9 heavy (non-hydrogen) atoms. The van der Waals surface area contributed by atoms with Crippen molar-refractivity contribution in [3.8, 4) is 0 Å². The fourth-order valence-corrected chi connectivity index (χ4v) is 1.30. The standard InChI is InChI=1S/C8H14S/c1-6-7(2)9-8(3,4)5/h6H,1-2H2,3-5H3. The van der Waals surface area contributed by atoms with Gasteiger partial charge in [0, 0.05) is 4.75 Å². The molecule has 52 valence electrons. The summed E-state index contributed by atoms with van der Waals surface area (Å²) in [6, 6.07) is 0. The maximum Gasteiger partial charge on any atom is 0.0122 e. The number of thioether (sulfide) groups is 1. The van der Waals surface area contributed by atoms with E-state index in [-0.39, 0.29) is 4.75 Å². The first-order valence-electron chi connectivity index (χ1n) is 2.96. The van der Waals surface area contributed by atoms with Gasteiger partial charge in [-0.05, 0) is 4.91 Å². The summed E-state index contributed by atoms with van der Waals surface area (Å²) in [5.41, 5.74) is 0. The highest BCUT2D eigenvalue weighted by molar-refractivity contribution is 8.04. The second-order valence-corrected chi connectivity index (χ2v) is 4.84. The fraction of sp³-hybridized carbons (Fsp3) is 0.500. The normalized spacial score (nSPS) is 11.0. The van der Waals surface area contributed by atoms with Crippen LogP contribution in [0.3, 0.4) is 0 Å². The van der Waals surface area contributed by atoms with Crippen molar-refractivity contribution in [2.75, 3.05) is 0 Å². The minimum absolute atomic E-state index is 0.269. The Labute approximate surface area is 62.0 Å². The molecular formula is C8H14S. The van der Waals surface area contributed by atoms with Gasteiger partial charge in [0.25, 0.3) is 0 Å². The zero-order valence-electron chi connectivity index (χ0n) is 6.40. The van der Waals surface area contributed by atoms with Crippen molar-refractivity contribution in [3.63, 3.8) is 0 Å². The van der Waals surface area contributed by atoms with Gasteiger partial charge in [0.2, 0.25) is 0 Å². The van der Waals surface area contributed by atoms with Crippen molar-refractivity contribution < 1.29 is 0 Å². The predicted molar refractivity (Wildman–Crippen MR) is 46.7 cm³/mol. The Balaban J connectivity index is 3.74. The molecule has 0 spiro atoms. The molecule has 0 aromatic carbocycles. The van der Waals surface area contributed by atoms with Gasteiger partial charge < -0.3 is 0 Å². The molecule has 0 aliphatic rings. The van der Waals surface area contributed by atoms with E-state index in [4.69, 9.17) is 0 Å². The van der Waals surface area contributed by atoms with Crippen LogP contribution in [-0.4, -0.2) is 4.75 Å². The average molecular weight is 142 g/mol. The van der Waals surface area contributed by atoms with E-state index in [0.717, 1.165) is 4.91 Å². The van der Waals surface area contributed by atoms with Gasteiger partial charge in [-0.1, -0.05) is 40.0 Å². The van der Waals surface area contributed by atoms with Gasteiger partial charge in [-0.25, -0.2) is 0 Å². The molecule has 0 unspecified atom stereocenters. The molecule has 0 amide bonds. The molecule has 0 aromatic heterocycles. The molecule has 0 saturated heterocycles. The van der Waals surface area contributed by atoms with Crippen LogP contribution in [0.15, 0.2) is 24.1 Å². The van der Waals surface area contributed by atoms with Crippen LogP contribution in [0.5, 0.6) is 0 Å². The molecule has 0 nitrogen and oxygen atoms in total. The maximum atomic E-state index is 3.80. The summed E-state index contributed by atoms with van der Waals surface area (Å²) in [7, 11) is 0. The Kier molecular flexibility index (Phi) is 3.06. The summed E-state index contributed by atoms with van der Waals surface area (Å²) in [4.78, 5) is 1.04. The molecule has 0 heterocycles. The lowest BCUT2D eigenvalue weighted by atomic mass is 10.3. The van der Waals surface area contributed by atoms with Crippen LogP contribution in [0.4, 0.5) is 0 Å². The Hall–Kier alpha value is -0.170. The van der Waals surface area contributed by atoms with Gasteiger partial charge >= 0.3 is 0 Å².